The Morgan fingerprint density at radius 2 is 1.81 bits per heavy atom. The number of nitrogens with two attached hydrogens (primary N) is 1. The Morgan fingerprint density at radius 3 is 2.33 bits per heavy atom. The molecule has 1 heterocycles. The van der Waals surface area contributed by atoms with Crippen molar-refractivity contribution in [2.45, 2.75) is 51.5 Å². The molecule has 1 fully saturated rings. The first-order valence-electron chi connectivity index (χ1n) is 7.62. The summed E-state index contributed by atoms with van der Waals surface area (Å²) in [6, 6.07) is 5.35. The van der Waals surface area contributed by atoms with E-state index in [4.69, 9.17) is 5.73 Å². The molecule has 1 aliphatic heterocycles. The van der Waals surface area contributed by atoms with Gasteiger partial charge in [0.05, 0.1) is 4.90 Å². The lowest BCUT2D eigenvalue weighted by molar-refractivity contribution is 0.196. The minimum atomic E-state index is -3.39. The quantitative estimate of drug-likeness (QED) is 0.929. The monoisotopic (exact) mass is 310 g/mol. The molecule has 0 spiro atoms. The molecule has 0 bridgehead atoms. The second kappa shape index (κ2) is 6.07. The fourth-order valence-corrected chi connectivity index (χ4v) is 4.27. The van der Waals surface area contributed by atoms with Crippen LogP contribution in [0.25, 0.3) is 0 Å². The van der Waals surface area contributed by atoms with E-state index in [1.807, 2.05) is 6.07 Å². The van der Waals surface area contributed by atoms with Crippen molar-refractivity contribution in [1.82, 2.24) is 4.31 Å². The van der Waals surface area contributed by atoms with E-state index in [0.717, 1.165) is 30.4 Å². The number of aryl methyl sites for hydroxylation is 1. The molecule has 2 rings (SSSR count). The normalized spacial score (nSPS) is 19.6. The summed E-state index contributed by atoms with van der Waals surface area (Å²) in [5.41, 5.74) is 8.03. The molecule has 0 amide bonds. The summed E-state index contributed by atoms with van der Waals surface area (Å²) in [4.78, 5) is 0.375. The lowest BCUT2D eigenvalue weighted by Crippen LogP contribution is -2.41. The van der Waals surface area contributed by atoms with Crippen molar-refractivity contribution in [3.8, 4) is 0 Å². The lowest BCUT2D eigenvalue weighted by Gasteiger charge is -2.36. The summed E-state index contributed by atoms with van der Waals surface area (Å²) in [7, 11) is -3.39. The van der Waals surface area contributed by atoms with Crippen LogP contribution in [-0.2, 0) is 23.0 Å². The number of hydrogen-bond acceptors (Lipinski definition) is 3. The van der Waals surface area contributed by atoms with Gasteiger partial charge in [0.15, 0.2) is 0 Å². The van der Waals surface area contributed by atoms with Crippen molar-refractivity contribution in [3.05, 3.63) is 29.3 Å². The predicted octanol–water partition coefficient (Wildman–Crippen LogP) is 2.52. The molecule has 0 unspecified atom stereocenters. The van der Waals surface area contributed by atoms with Crippen molar-refractivity contribution in [2.24, 2.45) is 11.1 Å². The molecule has 1 saturated heterocycles. The zero-order chi connectivity index (χ0) is 15.7. The molecule has 0 radical (unpaired) electrons. The van der Waals surface area contributed by atoms with Gasteiger partial charge in [-0.1, -0.05) is 26.8 Å². The molecule has 118 valence electrons. The Labute approximate surface area is 128 Å². The van der Waals surface area contributed by atoms with Crippen LogP contribution in [0.15, 0.2) is 23.1 Å². The number of piperidine rings is 1. The Kier molecular flexibility index (Phi) is 4.76. The summed E-state index contributed by atoms with van der Waals surface area (Å²) in [6.45, 7) is 8.01. The second-order valence-electron chi connectivity index (χ2n) is 6.56. The van der Waals surface area contributed by atoms with Crippen molar-refractivity contribution >= 4 is 10.0 Å². The Morgan fingerprint density at radius 1 is 1.19 bits per heavy atom. The molecule has 0 atom stereocenters. The molecular formula is C16H26N2O2S. The SMILES string of the molecule is CCc1ccc(S(=O)(=O)N2CCC(C)(C)CC2)cc1CN. The van der Waals surface area contributed by atoms with Gasteiger partial charge in [0.1, 0.15) is 0 Å². The van der Waals surface area contributed by atoms with E-state index in [2.05, 4.69) is 20.8 Å². The summed E-state index contributed by atoms with van der Waals surface area (Å²) in [6.07, 6.45) is 2.68. The number of rotatable bonds is 4. The van der Waals surface area contributed by atoms with Gasteiger partial charge < -0.3 is 5.73 Å². The molecule has 0 saturated carbocycles. The molecule has 0 aromatic heterocycles. The van der Waals surface area contributed by atoms with E-state index >= 15 is 0 Å². The molecule has 21 heavy (non-hydrogen) atoms. The van der Waals surface area contributed by atoms with Crippen molar-refractivity contribution in [2.75, 3.05) is 13.1 Å². The van der Waals surface area contributed by atoms with Crippen LogP contribution in [0.3, 0.4) is 0 Å². The first-order valence-corrected chi connectivity index (χ1v) is 9.06. The minimum absolute atomic E-state index is 0.237. The van der Waals surface area contributed by atoms with Gasteiger partial charge in [0.2, 0.25) is 10.0 Å². The standard InChI is InChI=1S/C16H26N2O2S/c1-4-13-5-6-15(11-14(13)12-17)21(19,20)18-9-7-16(2,3)8-10-18/h5-6,11H,4,7-10,12,17H2,1-3H3. The summed E-state index contributed by atoms with van der Waals surface area (Å²) < 4.78 is 27.1. The van der Waals surface area contributed by atoms with Gasteiger partial charge in [-0.15, -0.1) is 0 Å². The number of nitrogens with zero attached hydrogens (tertiary/aromatic N) is 1. The molecule has 2 N–H and O–H groups in total. The van der Waals surface area contributed by atoms with Gasteiger partial charge in [-0.3, -0.25) is 0 Å². The number of benzene rings is 1. The van der Waals surface area contributed by atoms with Gasteiger partial charge in [0, 0.05) is 19.6 Å². The van der Waals surface area contributed by atoms with Gasteiger partial charge in [-0.2, -0.15) is 4.31 Å². The van der Waals surface area contributed by atoms with Gasteiger partial charge in [-0.25, -0.2) is 8.42 Å². The van der Waals surface area contributed by atoms with E-state index in [1.165, 1.54) is 0 Å². The average Bonchev–Trinajstić information content (AvgIpc) is 2.46. The average molecular weight is 310 g/mol. The highest BCUT2D eigenvalue weighted by molar-refractivity contribution is 7.89. The van der Waals surface area contributed by atoms with Crippen LogP contribution in [0.1, 0.15) is 44.7 Å². The van der Waals surface area contributed by atoms with Crippen molar-refractivity contribution in [3.63, 3.8) is 0 Å². The van der Waals surface area contributed by atoms with Crippen LogP contribution >= 0.6 is 0 Å². The van der Waals surface area contributed by atoms with Crippen LogP contribution in [0.4, 0.5) is 0 Å². The molecule has 1 aromatic rings. The topological polar surface area (TPSA) is 63.4 Å². The number of hydrogen-bond donors (Lipinski definition) is 1. The fourth-order valence-electron chi connectivity index (χ4n) is 2.78. The zero-order valence-corrected chi connectivity index (χ0v) is 14.0. The highest BCUT2D eigenvalue weighted by Gasteiger charge is 2.32. The van der Waals surface area contributed by atoms with Crippen LogP contribution in [0, 0.1) is 5.41 Å². The van der Waals surface area contributed by atoms with Crippen molar-refractivity contribution < 1.29 is 8.42 Å². The third kappa shape index (κ3) is 3.47. The summed E-state index contributed by atoms with van der Waals surface area (Å²) in [5.74, 6) is 0. The van der Waals surface area contributed by atoms with Crippen LogP contribution in [-0.4, -0.2) is 25.8 Å². The maximum atomic E-state index is 12.8. The zero-order valence-electron chi connectivity index (χ0n) is 13.2. The molecule has 1 aliphatic rings. The third-order valence-corrected chi connectivity index (χ3v) is 6.39. The Bertz CT molecular complexity index is 599. The van der Waals surface area contributed by atoms with Crippen LogP contribution < -0.4 is 5.73 Å². The van der Waals surface area contributed by atoms with E-state index in [1.54, 1.807) is 16.4 Å². The molecule has 1 aromatic carbocycles. The third-order valence-electron chi connectivity index (χ3n) is 4.49. The smallest absolute Gasteiger partial charge is 0.243 e. The highest BCUT2D eigenvalue weighted by atomic mass is 32.2. The molecule has 0 aliphatic carbocycles. The first-order chi connectivity index (χ1) is 9.80. The summed E-state index contributed by atoms with van der Waals surface area (Å²) in [5, 5.41) is 0. The molecular weight excluding hydrogens is 284 g/mol. The maximum Gasteiger partial charge on any atom is 0.243 e. The van der Waals surface area contributed by atoms with E-state index in [0.29, 0.717) is 24.5 Å². The van der Waals surface area contributed by atoms with Crippen LogP contribution in [0.2, 0.25) is 0 Å². The van der Waals surface area contributed by atoms with E-state index in [9.17, 15) is 8.42 Å². The molecule has 5 heteroatoms. The van der Waals surface area contributed by atoms with Crippen LogP contribution in [0.5, 0.6) is 0 Å². The second-order valence-corrected chi connectivity index (χ2v) is 8.49. The van der Waals surface area contributed by atoms with Crippen molar-refractivity contribution in [1.29, 1.82) is 0 Å². The molecule has 4 nitrogen and oxygen atoms in total. The van der Waals surface area contributed by atoms with Gasteiger partial charge in [-0.05, 0) is 47.9 Å². The van der Waals surface area contributed by atoms with E-state index in [-0.39, 0.29) is 5.41 Å². The van der Waals surface area contributed by atoms with Gasteiger partial charge in [0.25, 0.3) is 0 Å². The Balaban J connectivity index is 2.28. The largest absolute Gasteiger partial charge is 0.326 e. The lowest BCUT2D eigenvalue weighted by atomic mass is 9.83. The first kappa shape index (κ1) is 16.5. The number of sulfonamides is 1. The van der Waals surface area contributed by atoms with Gasteiger partial charge >= 0.3 is 0 Å². The maximum absolute atomic E-state index is 12.8. The highest BCUT2D eigenvalue weighted by Crippen LogP contribution is 2.32. The fraction of sp³-hybridized carbons (Fsp3) is 0.625. The summed E-state index contributed by atoms with van der Waals surface area (Å²) >= 11 is 0. The minimum Gasteiger partial charge on any atom is -0.326 e. The Hall–Kier alpha value is -0.910. The van der Waals surface area contributed by atoms with E-state index < -0.39 is 10.0 Å². The predicted molar refractivity (Wildman–Crippen MR) is 85.5 cm³/mol.